The van der Waals surface area contributed by atoms with Gasteiger partial charge < -0.3 is 10.2 Å². The summed E-state index contributed by atoms with van der Waals surface area (Å²) in [5.41, 5.74) is 0.409. The monoisotopic (exact) mass is 258 g/mol. The summed E-state index contributed by atoms with van der Waals surface area (Å²) >= 11 is 5.88. The summed E-state index contributed by atoms with van der Waals surface area (Å²) in [6.45, 7) is 7.63. The van der Waals surface area contributed by atoms with Gasteiger partial charge in [-0.3, -0.25) is 9.48 Å². The smallest absolute Gasteiger partial charge is 0.271 e. The molecule has 17 heavy (non-hydrogen) atoms. The van der Waals surface area contributed by atoms with Crippen molar-refractivity contribution in [2.24, 2.45) is 7.05 Å². The molecule has 1 N–H and O–H groups in total. The van der Waals surface area contributed by atoms with E-state index in [2.05, 4.69) is 29.2 Å². The maximum atomic E-state index is 11.8. The van der Waals surface area contributed by atoms with Crippen LogP contribution in [0.2, 0.25) is 5.02 Å². The lowest BCUT2D eigenvalue weighted by atomic mass is 10.4. The first-order chi connectivity index (χ1) is 8.10. The van der Waals surface area contributed by atoms with E-state index in [-0.39, 0.29) is 5.91 Å². The van der Waals surface area contributed by atoms with Crippen LogP contribution in [-0.2, 0) is 7.05 Å². The number of halogens is 1. The Labute approximate surface area is 107 Å². The first-order valence-corrected chi connectivity index (χ1v) is 6.16. The molecule has 0 spiro atoms. The number of rotatable bonds is 6. The molecule has 1 rings (SSSR count). The molecule has 0 unspecified atom stereocenters. The molecule has 0 radical (unpaired) electrons. The lowest BCUT2D eigenvalue weighted by molar-refractivity contribution is 0.0939. The Morgan fingerprint density at radius 1 is 1.53 bits per heavy atom. The molecular weight excluding hydrogens is 240 g/mol. The summed E-state index contributed by atoms with van der Waals surface area (Å²) < 4.78 is 1.48. The van der Waals surface area contributed by atoms with Crippen molar-refractivity contribution in [1.29, 1.82) is 0 Å². The molecule has 0 fully saturated rings. The van der Waals surface area contributed by atoms with Crippen molar-refractivity contribution in [3.8, 4) is 0 Å². The zero-order chi connectivity index (χ0) is 12.8. The SMILES string of the molecule is CCN(CC)CCNC(=O)c1c(Cl)cnn1C. The van der Waals surface area contributed by atoms with E-state index in [4.69, 9.17) is 11.6 Å². The highest BCUT2D eigenvalue weighted by molar-refractivity contribution is 6.33. The van der Waals surface area contributed by atoms with Gasteiger partial charge >= 0.3 is 0 Å². The molecule has 1 amide bonds. The van der Waals surface area contributed by atoms with E-state index < -0.39 is 0 Å². The molecule has 1 heterocycles. The molecule has 0 aliphatic rings. The number of hydrogen-bond donors (Lipinski definition) is 1. The fraction of sp³-hybridized carbons (Fsp3) is 0.636. The molecule has 6 heteroatoms. The van der Waals surface area contributed by atoms with Crippen molar-refractivity contribution in [1.82, 2.24) is 20.0 Å². The molecule has 1 aromatic heterocycles. The number of nitrogens with one attached hydrogen (secondary N) is 1. The van der Waals surface area contributed by atoms with Crippen molar-refractivity contribution in [3.05, 3.63) is 16.9 Å². The van der Waals surface area contributed by atoms with Crippen LogP contribution in [0.5, 0.6) is 0 Å². The minimum Gasteiger partial charge on any atom is -0.349 e. The summed E-state index contributed by atoms with van der Waals surface area (Å²) in [5.74, 6) is -0.179. The summed E-state index contributed by atoms with van der Waals surface area (Å²) in [5, 5.41) is 7.15. The summed E-state index contributed by atoms with van der Waals surface area (Å²) in [4.78, 5) is 14.1. The number of aryl methyl sites for hydroxylation is 1. The summed E-state index contributed by atoms with van der Waals surface area (Å²) in [6.07, 6.45) is 1.47. The van der Waals surface area contributed by atoms with Crippen LogP contribution in [0, 0.1) is 0 Å². The fourth-order valence-electron chi connectivity index (χ4n) is 1.62. The van der Waals surface area contributed by atoms with Gasteiger partial charge in [0, 0.05) is 20.1 Å². The summed E-state index contributed by atoms with van der Waals surface area (Å²) in [6, 6.07) is 0. The number of carbonyl (C=O) groups excluding carboxylic acids is 1. The van der Waals surface area contributed by atoms with Crippen molar-refractivity contribution in [2.75, 3.05) is 26.2 Å². The normalized spacial score (nSPS) is 10.9. The molecular formula is C11H19ClN4O. The topological polar surface area (TPSA) is 50.2 Å². The van der Waals surface area contributed by atoms with Gasteiger partial charge in [-0.15, -0.1) is 0 Å². The lowest BCUT2D eigenvalue weighted by Gasteiger charge is -2.17. The molecule has 0 aliphatic heterocycles. The second-order valence-corrected chi connectivity index (χ2v) is 4.15. The van der Waals surface area contributed by atoms with Gasteiger partial charge in [-0.2, -0.15) is 5.10 Å². The molecule has 0 atom stereocenters. The maximum absolute atomic E-state index is 11.8. The standard InChI is InChI=1S/C11H19ClN4O/c1-4-16(5-2)7-6-13-11(17)10-9(12)8-14-15(10)3/h8H,4-7H2,1-3H3,(H,13,17). The second-order valence-electron chi connectivity index (χ2n) is 3.75. The average molecular weight is 259 g/mol. The third-order valence-corrected chi connectivity index (χ3v) is 2.99. The van der Waals surface area contributed by atoms with Crippen LogP contribution in [0.1, 0.15) is 24.3 Å². The third-order valence-electron chi connectivity index (χ3n) is 2.72. The van der Waals surface area contributed by atoms with Crippen molar-refractivity contribution in [3.63, 3.8) is 0 Å². The van der Waals surface area contributed by atoms with Crippen LogP contribution in [-0.4, -0.2) is 46.8 Å². The van der Waals surface area contributed by atoms with E-state index in [9.17, 15) is 4.79 Å². The Bertz CT molecular complexity index is 354. The Kier molecular flexibility index (Phi) is 5.44. The van der Waals surface area contributed by atoms with Crippen LogP contribution in [0.4, 0.5) is 0 Å². The molecule has 96 valence electrons. The number of aromatic nitrogens is 2. The molecule has 0 bridgehead atoms. The van der Waals surface area contributed by atoms with E-state index in [1.54, 1.807) is 7.05 Å². The first-order valence-electron chi connectivity index (χ1n) is 5.78. The number of carbonyl (C=O) groups is 1. The van der Waals surface area contributed by atoms with E-state index in [1.165, 1.54) is 10.9 Å². The van der Waals surface area contributed by atoms with E-state index in [0.717, 1.165) is 19.6 Å². The predicted molar refractivity (Wildman–Crippen MR) is 68.3 cm³/mol. The zero-order valence-electron chi connectivity index (χ0n) is 10.5. The van der Waals surface area contributed by atoms with Gasteiger partial charge in [-0.1, -0.05) is 25.4 Å². The second kappa shape index (κ2) is 6.61. The zero-order valence-corrected chi connectivity index (χ0v) is 11.3. The van der Waals surface area contributed by atoms with Gasteiger partial charge in [0.25, 0.3) is 5.91 Å². The first kappa shape index (κ1) is 14.0. The Balaban J connectivity index is 2.45. The van der Waals surface area contributed by atoms with Crippen molar-refractivity contribution >= 4 is 17.5 Å². The minimum atomic E-state index is -0.179. The predicted octanol–water partition coefficient (Wildman–Crippen LogP) is 1.15. The van der Waals surface area contributed by atoms with Gasteiger partial charge in [-0.25, -0.2) is 0 Å². The van der Waals surface area contributed by atoms with Gasteiger partial charge in [-0.05, 0) is 13.1 Å². The molecule has 1 aromatic rings. The van der Waals surface area contributed by atoms with Crippen LogP contribution in [0.3, 0.4) is 0 Å². The van der Waals surface area contributed by atoms with Crippen LogP contribution >= 0.6 is 11.6 Å². The minimum absolute atomic E-state index is 0.179. The van der Waals surface area contributed by atoms with Gasteiger partial charge in [0.1, 0.15) is 5.69 Å². The van der Waals surface area contributed by atoms with Crippen LogP contribution < -0.4 is 5.32 Å². The highest BCUT2D eigenvalue weighted by atomic mass is 35.5. The highest BCUT2D eigenvalue weighted by Gasteiger charge is 2.14. The Morgan fingerprint density at radius 2 is 2.18 bits per heavy atom. The summed E-state index contributed by atoms with van der Waals surface area (Å²) in [7, 11) is 1.70. The molecule has 5 nitrogen and oxygen atoms in total. The van der Waals surface area contributed by atoms with E-state index in [0.29, 0.717) is 17.3 Å². The highest BCUT2D eigenvalue weighted by Crippen LogP contribution is 2.13. The van der Waals surface area contributed by atoms with Gasteiger partial charge in [0.15, 0.2) is 0 Å². The van der Waals surface area contributed by atoms with Crippen molar-refractivity contribution < 1.29 is 4.79 Å². The maximum Gasteiger partial charge on any atom is 0.271 e. The third kappa shape index (κ3) is 3.71. The largest absolute Gasteiger partial charge is 0.349 e. The molecule has 0 saturated heterocycles. The Morgan fingerprint density at radius 3 is 2.65 bits per heavy atom. The van der Waals surface area contributed by atoms with Gasteiger partial charge in [0.2, 0.25) is 0 Å². The van der Waals surface area contributed by atoms with E-state index in [1.807, 2.05) is 0 Å². The van der Waals surface area contributed by atoms with Crippen molar-refractivity contribution in [2.45, 2.75) is 13.8 Å². The Hall–Kier alpha value is -1.07. The molecule has 0 aliphatic carbocycles. The van der Waals surface area contributed by atoms with Gasteiger partial charge in [0.05, 0.1) is 11.2 Å². The number of nitrogens with zero attached hydrogens (tertiary/aromatic N) is 3. The number of hydrogen-bond acceptors (Lipinski definition) is 3. The number of likely N-dealkylation sites (N-methyl/N-ethyl adjacent to an activating group) is 1. The lowest BCUT2D eigenvalue weighted by Crippen LogP contribution is -2.35. The number of amides is 1. The fourth-order valence-corrected chi connectivity index (χ4v) is 1.87. The van der Waals surface area contributed by atoms with Crippen LogP contribution in [0.15, 0.2) is 6.20 Å². The molecule has 0 saturated carbocycles. The van der Waals surface area contributed by atoms with Crippen LogP contribution in [0.25, 0.3) is 0 Å². The quantitative estimate of drug-likeness (QED) is 0.833. The molecule has 0 aromatic carbocycles. The van der Waals surface area contributed by atoms with E-state index >= 15 is 0 Å². The average Bonchev–Trinajstić information content (AvgIpc) is 2.64.